The number of esters is 1. The minimum Gasteiger partial charge on any atom is -0.459 e. The van der Waals surface area contributed by atoms with Gasteiger partial charge in [-0.25, -0.2) is 4.57 Å². The monoisotopic (exact) mass is 484 g/mol. The molecule has 0 aliphatic rings. The summed E-state index contributed by atoms with van der Waals surface area (Å²) in [6.07, 6.45) is 0. The second kappa shape index (κ2) is 10.7. The first-order valence-corrected chi connectivity index (χ1v) is 11.8. The molecule has 1 aromatic carbocycles. The van der Waals surface area contributed by atoms with Crippen molar-refractivity contribution in [3.63, 3.8) is 0 Å². The number of ketones is 3. The number of rotatable bonds is 12. The van der Waals surface area contributed by atoms with E-state index in [0.29, 0.717) is 0 Å². The van der Waals surface area contributed by atoms with Crippen LogP contribution in [0.5, 0.6) is 5.75 Å². The van der Waals surface area contributed by atoms with E-state index in [1.165, 1.54) is 46.8 Å². The van der Waals surface area contributed by atoms with Crippen molar-refractivity contribution >= 4 is 31.1 Å². The van der Waals surface area contributed by atoms with Crippen LogP contribution in [0.2, 0.25) is 0 Å². The maximum absolute atomic E-state index is 13.5. The van der Waals surface area contributed by atoms with E-state index < -0.39 is 60.8 Å². The molecule has 0 saturated heterocycles. The molecule has 0 aliphatic heterocycles. The molecule has 0 amide bonds. The summed E-state index contributed by atoms with van der Waals surface area (Å²) in [7, 11) is -4.51. The molecule has 9 nitrogen and oxygen atoms in total. The van der Waals surface area contributed by atoms with Gasteiger partial charge in [-0.2, -0.15) is 0 Å². The predicted molar refractivity (Wildman–Crippen MR) is 121 cm³/mol. The summed E-state index contributed by atoms with van der Waals surface area (Å²) in [6.45, 7) is 9.91. The maximum Gasteiger partial charge on any atom is 0.530 e. The van der Waals surface area contributed by atoms with E-state index in [0.717, 1.165) is 0 Å². The lowest BCUT2D eigenvalue weighted by molar-refractivity contribution is -0.171. The summed E-state index contributed by atoms with van der Waals surface area (Å²) in [6, 6.07) is 7.93. The Balaban J connectivity index is 3.24. The number of benzene rings is 1. The van der Waals surface area contributed by atoms with E-state index in [1.807, 2.05) is 0 Å². The van der Waals surface area contributed by atoms with Crippen molar-refractivity contribution in [1.29, 1.82) is 0 Å². The molecule has 0 fully saturated rings. The number of carbonyl (C=O) groups excluding carboxylic acids is 4. The van der Waals surface area contributed by atoms with Gasteiger partial charge in [-0.3, -0.25) is 28.2 Å². The van der Waals surface area contributed by atoms with Gasteiger partial charge in [0.2, 0.25) is 0 Å². The van der Waals surface area contributed by atoms with Gasteiger partial charge < -0.3 is 9.26 Å². The summed E-state index contributed by atoms with van der Waals surface area (Å²) in [5, 5.41) is 0. The topological polar surface area (TPSA) is 122 Å². The largest absolute Gasteiger partial charge is 0.530 e. The Morgan fingerprint density at radius 2 is 1.18 bits per heavy atom. The number of carbonyl (C=O) groups is 4. The van der Waals surface area contributed by atoms with Gasteiger partial charge in [0.25, 0.3) is 0 Å². The van der Waals surface area contributed by atoms with Crippen LogP contribution < -0.4 is 4.52 Å². The summed E-state index contributed by atoms with van der Waals surface area (Å²) in [5.41, 5.74) is -4.27. The first-order valence-electron chi connectivity index (χ1n) is 10.4. The van der Waals surface area contributed by atoms with Crippen molar-refractivity contribution < 1.29 is 42.1 Å². The second-order valence-corrected chi connectivity index (χ2v) is 10.8. The van der Waals surface area contributed by atoms with E-state index in [1.54, 1.807) is 39.0 Å². The first-order chi connectivity index (χ1) is 15.0. The number of Topliss-reactive ketones (excluding diaryl/α,β-unsaturated/α-hetero) is 3. The van der Waals surface area contributed by atoms with Crippen LogP contribution in [0.3, 0.4) is 0 Å². The molecule has 0 aliphatic carbocycles. The fourth-order valence-corrected chi connectivity index (χ4v) is 3.66. The zero-order valence-electron chi connectivity index (χ0n) is 20.4. The Labute approximate surface area is 194 Å². The Morgan fingerprint density at radius 1 is 0.758 bits per heavy atom. The average molecular weight is 484 g/mol. The molecular weight excluding hydrogens is 451 g/mol. The van der Waals surface area contributed by atoms with E-state index in [4.69, 9.17) is 18.3 Å². The van der Waals surface area contributed by atoms with Crippen LogP contribution in [0, 0.1) is 10.8 Å². The molecule has 10 heteroatoms. The normalized spacial score (nSPS) is 15.6. The third kappa shape index (κ3) is 7.88. The third-order valence-corrected chi connectivity index (χ3v) is 6.49. The number of ether oxygens (including phenoxy) is 1. The van der Waals surface area contributed by atoms with Gasteiger partial charge >= 0.3 is 13.8 Å². The van der Waals surface area contributed by atoms with Crippen LogP contribution >= 0.6 is 7.82 Å². The van der Waals surface area contributed by atoms with Crippen LogP contribution in [-0.2, 0) is 37.5 Å². The van der Waals surface area contributed by atoms with Gasteiger partial charge in [-0.1, -0.05) is 18.2 Å². The van der Waals surface area contributed by atoms with Gasteiger partial charge in [0.05, 0.1) is 13.2 Å². The Kier molecular flexibility index (Phi) is 9.32. The molecule has 0 radical (unpaired) electrons. The van der Waals surface area contributed by atoms with E-state index in [9.17, 15) is 23.7 Å². The summed E-state index contributed by atoms with van der Waals surface area (Å²) < 4.78 is 35.1. The van der Waals surface area contributed by atoms with Crippen LogP contribution in [-0.4, -0.2) is 42.1 Å². The summed E-state index contributed by atoms with van der Waals surface area (Å²) >= 11 is 0. The molecule has 0 saturated carbocycles. The molecule has 0 bridgehead atoms. The minimum absolute atomic E-state index is 0.120. The molecule has 0 aromatic heterocycles. The predicted octanol–water partition coefficient (Wildman–Crippen LogP) is 4.33. The van der Waals surface area contributed by atoms with Crippen LogP contribution in [0.15, 0.2) is 30.3 Å². The number of phosphoric acid groups is 1. The van der Waals surface area contributed by atoms with E-state index in [2.05, 4.69) is 0 Å². The second-order valence-electron chi connectivity index (χ2n) is 9.23. The zero-order valence-corrected chi connectivity index (χ0v) is 21.3. The SMILES string of the molecule is CC(=O)C(C)(COP(=O)(OCC(C)(C(C)=O)C(=O)OC(C)(C)C)Oc1ccccc1)C(C)=O. The minimum atomic E-state index is -4.51. The quantitative estimate of drug-likeness (QED) is 0.242. The lowest BCUT2D eigenvalue weighted by atomic mass is 9.83. The number of hydrogen-bond donors (Lipinski definition) is 0. The highest BCUT2D eigenvalue weighted by atomic mass is 31.2. The van der Waals surface area contributed by atoms with Crippen molar-refractivity contribution in [3.05, 3.63) is 30.3 Å². The fourth-order valence-electron chi connectivity index (χ4n) is 2.26. The third-order valence-electron chi connectivity index (χ3n) is 5.16. The van der Waals surface area contributed by atoms with Gasteiger partial charge in [0.1, 0.15) is 39.5 Å². The summed E-state index contributed by atoms with van der Waals surface area (Å²) in [4.78, 5) is 49.1. The maximum atomic E-state index is 13.5. The van der Waals surface area contributed by atoms with Gasteiger partial charge in [-0.05, 0) is 67.5 Å². The Bertz CT molecular complexity index is 919. The molecular formula is C23H33O9P. The fraction of sp³-hybridized carbons (Fsp3) is 0.565. The van der Waals surface area contributed by atoms with Crippen molar-refractivity contribution in [2.45, 2.75) is 61.0 Å². The average Bonchev–Trinajstić information content (AvgIpc) is 2.69. The molecule has 1 rings (SSSR count). The Morgan fingerprint density at radius 3 is 1.58 bits per heavy atom. The van der Waals surface area contributed by atoms with Crippen LogP contribution in [0.4, 0.5) is 0 Å². The number of phosphoric ester groups is 1. The molecule has 1 aromatic rings. The standard InChI is InChI=1S/C23H33O9P/c1-16(24)22(7,17(2)25)14-29-33(28,32-19-12-10-9-11-13-19)30-15-23(8,18(3)26)20(27)31-21(4,5)6/h9-13H,14-15H2,1-8H3. The molecule has 33 heavy (non-hydrogen) atoms. The van der Waals surface area contributed by atoms with Gasteiger partial charge in [-0.15, -0.1) is 0 Å². The van der Waals surface area contributed by atoms with Crippen molar-refractivity contribution in [2.75, 3.05) is 13.2 Å². The zero-order chi connectivity index (χ0) is 25.7. The van der Waals surface area contributed by atoms with Crippen LogP contribution in [0.1, 0.15) is 55.4 Å². The highest BCUT2D eigenvalue weighted by molar-refractivity contribution is 7.48. The Hall–Kier alpha value is -2.35. The summed E-state index contributed by atoms with van der Waals surface area (Å²) in [5.74, 6) is -2.33. The van der Waals surface area contributed by atoms with Crippen molar-refractivity contribution in [2.24, 2.45) is 10.8 Å². The highest BCUT2D eigenvalue weighted by Gasteiger charge is 2.46. The van der Waals surface area contributed by atoms with Crippen LogP contribution in [0.25, 0.3) is 0 Å². The molecule has 2 unspecified atom stereocenters. The van der Waals surface area contributed by atoms with Gasteiger partial charge in [0, 0.05) is 0 Å². The van der Waals surface area contributed by atoms with Crippen molar-refractivity contribution in [3.8, 4) is 5.75 Å². The lowest BCUT2D eigenvalue weighted by Gasteiger charge is -2.31. The lowest BCUT2D eigenvalue weighted by Crippen LogP contribution is -2.44. The van der Waals surface area contributed by atoms with E-state index >= 15 is 0 Å². The molecule has 2 atom stereocenters. The molecule has 0 N–H and O–H groups in total. The highest BCUT2D eigenvalue weighted by Crippen LogP contribution is 2.52. The number of para-hydroxylation sites is 1. The first kappa shape index (κ1) is 28.7. The van der Waals surface area contributed by atoms with Gasteiger partial charge in [0.15, 0.2) is 0 Å². The molecule has 0 spiro atoms. The number of hydrogen-bond acceptors (Lipinski definition) is 9. The smallest absolute Gasteiger partial charge is 0.459 e. The van der Waals surface area contributed by atoms with E-state index in [-0.39, 0.29) is 5.75 Å². The molecule has 184 valence electrons. The molecule has 0 heterocycles. The van der Waals surface area contributed by atoms with Crippen molar-refractivity contribution in [1.82, 2.24) is 0 Å².